The molecule has 5 rings (SSSR count). The quantitative estimate of drug-likeness (QED) is 0.541. The van der Waals surface area contributed by atoms with Gasteiger partial charge in [0.05, 0.1) is 11.1 Å². The number of hydrogen-bond donors (Lipinski definition) is 3. The Kier molecular flexibility index (Phi) is 5.30. The first kappa shape index (κ1) is 21.1. The van der Waals surface area contributed by atoms with Crippen LogP contribution in [0.5, 0.6) is 0 Å². The van der Waals surface area contributed by atoms with Crippen LogP contribution in [0.25, 0.3) is 22.8 Å². The molecule has 0 bridgehead atoms. The van der Waals surface area contributed by atoms with Crippen LogP contribution in [0.4, 0.5) is 5.69 Å². The minimum absolute atomic E-state index is 0.0256. The zero-order valence-corrected chi connectivity index (χ0v) is 18.9. The lowest BCUT2D eigenvalue weighted by atomic mass is 9.95. The van der Waals surface area contributed by atoms with Gasteiger partial charge >= 0.3 is 0 Å². The van der Waals surface area contributed by atoms with E-state index < -0.39 is 0 Å². The summed E-state index contributed by atoms with van der Waals surface area (Å²) >= 11 is 0. The van der Waals surface area contributed by atoms with E-state index in [9.17, 15) is 9.59 Å². The highest BCUT2D eigenvalue weighted by molar-refractivity contribution is 6.36. The molecule has 2 aliphatic heterocycles. The lowest BCUT2D eigenvalue weighted by Gasteiger charge is -2.32. The van der Waals surface area contributed by atoms with Crippen molar-refractivity contribution < 1.29 is 9.59 Å². The number of benzene rings is 1. The first-order chi connectivity index (χ1) is 15.9. The summed E-state index contributed by atoms with van der Waals surface area (Å²) < 4.78 is 0. The smallest absolute Gasteiger partial charge is 0.256 e. The van der Waals surface area contributed by atoms with E-state index in [4.69, 9.17) is 0 Å². The van der Waals surface area contributed by atoms with Crippen LogP contribution in [-0.2, 0) is 4.79 Å². The van der Waals surface area contributed by atoms with Crippen LogP contribution in [0.1, 0.15) is 39.8 Å². The van der Waals surface area contributed by atoms with Gasteiger partial charge in [-0.1, -0.05) is 12.1 Å². The summed E-state index contributed by atoms with van der Waals surface area (Å²) in [6, 6.07) is 6.01. The second-order valence-corrected chi connectivity index (χ2v) is 8.64. The molecule has 1 saturated heterocycles. The van der Waals surface area contributed by atoms with Gasteiger partial charge in [-0.05, 0) is 44.0 Å². The zero-order chi connectivity index (χ0) is 23.1. The van der Waals surface area contributed by atoms with Crippen molar-refractivity contribution in [2.45, 2.75) is 26.8 Å². The standard InChI is InChI=1S/C25H26N6O2/c1-14-12-31(8-7-28-14)25(33)22-15(2)21(29-16(22)3)9-19-23-18(17-10-26-13-27-11-17)5-4-6-20(23)30-24(19)32/h4-6,9-11,13-14,28-29H,7-8,12H2,1-3H3,(H,30,32). The lowest BCUT2D eigenvalue weighted by molar-refractivity contribution is -0.110. The fraction of sp³-hybridized carbons (Fsp3) is 0.280. The molecule has 2 amide bonds. The van der Waals surface area contributed by atoms with E-state index in [1.807, 2.05) is 43.0 Å². The van der Waals surface area contributed by atoms with Crippen molar-refractivity contribution in [1.29, 1.82) is 0 Å². The lowest BCUT2D eigenvalue weighted by Crippen LogP contribution is -2.51. The monoisotopic (exact) mass is 442 g/mol. The average molecular weight is 443 g/mol. The maximum absolute atomic E-state index is 13.3. The van der Waals surface area contributed by atoms with Crippen molar-refractivity contribution in [3.05, 3.63) is 65.0 Å². The highest BCUT2D eigenvalue weighted by atomic mass is 16.2. The van der Waals surface area contributed by atoms with E-state index in [-0.39, 0.29) is 17.9 Å². The number of nitrogens with one attached hydrogen (secondary N) is 3. The predicted molar refractivity (Wildman–Crippen MR) is 128 cm³/mol. The molecule has 1 unspecified atom stereocenters. The molecule has 0 radical (unpaired) electrons. The molecule has 8 nitrogen and oxygen atoms in total. The van der Waals surface area contributed by atoms with Crippen LogP contribution in [0.2, 0.25) is 0 Å². The maximum Gasteiger partial charge on any atom is 0.256 e. The van der Waals surface area contributed by atoms with E-state index in [2.05, 4.69) is 32.5 Å². The molecule has 1 fully saturated rings. The number of anilines is 1. The molecule has 3 N–H and O–H groups in total. The van der Waals surface area contributed by atoms with Gasteiger partial charge < -0.3 is 20.5 Å². The number of aromatic amines is 1. The molecule has 3 aromatic rings. The molecule has 2 aliphatic rings. The van der Waals surface area contributed by atoms with Crippen LogP contribution < -0.4 is 10.6 Å². The number of H-pyrrole nitrogens is 1. The van der Waals surface area contributed by atoms with Crippen molar-refractivity contribution in [3.63, 3.8) is 0 Å². The van der Waals surface area contributed by atoms with Gasteiger partial charge in [0, 0.05) is 66.3 Å². The average Bonchev–Trinajstić information content (AvgIpc) is 3.28. The van der Waals surface area contributed by atoms with E-state index in [1.165, 1.54) is 6.33 Å². The number of rotatable bonds is 3. The van der Waals surface area contributed by atoms with Crippen molar-refractivity contribution in [2.24, 2.45) is 0 Å². The van der Waals surface area contributed by atoms with Gasteiger partial charge in [-0.2, -0.15) is 0 Å². The Morgan fingerprint density at radius 2 is 2.00 bits per heavy atom. The van der Waals surface area contributed by atoms with Gasteiger partial charge in [0.25, 0.3) is 11.8 Å². The van der Waals surface area contributed by atoms with Crippen LogP contribution in [0, 0.1) is 13.8 Å². The molecule has 1 aromatic carbocycles. The Labute approximate surface area is 192 Å². The number of piperazine rings is 1. The molecular formula is C25H26N6O2. The van der Waals surface area contributed by atoms with Crippen molar-refractivity contribution in [3.8, 4) is 11.1 Å². The Balaban J connectivity index is 1.56. The molecular weight excluding hydrogens is 416 g/mol. The Morgan fingerprint density at radius 1 is 1.21 bits per heavy atom. The number of carbonyl (C=O) groups is 2. The van der Waals surface area contributed by atoms with Gasteiger partial charge in [0.15, 0.2) is 0 Å². The second-order valence-electron chi connectivity index (χ2n) is 8.64. The predicted octanol–water partition coefficient (Wildman–Crippen LogP) is 3.02. The number of nitrogens with zero attached hydrogens (tertiary/aromatic N) is 3. The molecule has 0 spiro atoms. The highest BCUT2D eigenvalue weighted by Gasteiger charge is 2.30. The summed E-state index contributed by atoms with van der Waals surface area (Å²) in [6.45, 7) is 8.06. The van der Waals surface area contributed by atoms with Gasteiger partial charge in [-0.15, -0.1) is 0 Å². The van der Waals surface area contributed by atoms with Crippen LogP contribution >= 0.6 is 0 Å². The molecule has 0 saturated carbocycles. The molecule has 8 heteroatoms. The van der Waals surface area contributed by atoms with Crippen molar-refractivity contribution in [1.82, 2.24) is 25.2 Å². The number of hydrogen-bond acceptors (Lipinski definition) is 5. The summed E-state index contributed by atoms with van der Waals surface area (Å²) in [5.74, 6) is -0.151. The van der Waals surface area contributed by atoms with Gasteiger partial charge in [-0.25, -0.2) is 9.97 Å². The van der Waals surface area contributed by atoms with Gasteiger partial charge in [0.2, 0.25) is 0 Å². The van der Waals surface area contributed by atoms with Crippen molar-refractivity contribution in [2.75, 3.05) is 25.0 Å². The number of aryl methyl sites for hydroxylation is 1. The van der Waals surface area contributed by atoms with Gasteiger partial charge in [-0.3, -0.25) is 9.59 Å². The summed E-state index contributed by atoms with van der Waals surface area (Å²) in [5, 5.41) is 6.32. The highest BCUT2D eigenvalue weighted by Crippen LogP contribution is 2.40. The Bertz CT molecular complexity index is 1280. The van der Waals surface area contributed by atoms with Crippen LogP contribution in [0.3, 0.4) is 0 Å². The fourth-order valence-electron chi connectivity index (χ4n) is 4.72. The number of carbonyl (C=O) groups excluding carboxylic acids is 2. The third-order valence-electron chi connectivity index (χ3n) is 6.33. The van der Waals surface area contributed by atoms with Crippen LogP contribution in [-0.4, -0.2) is 57.3 Å². The molecule has 4 heterocycles. The second kappa shape index (κ2) is 8.29. The van der Waals surface area contributed by atoms with E-state index in [0.29, 0.717) is 24.2 Å². The molecule has 0 aliphatic carbocycles. The van der Waals surface area contributed by atoms with Crippen LogP contribution in [0.15, 0.2) is 36.9 Å². The fourth-order valence-corrected chi connectivity index (χ4v) is 4.72. The molecule has 168 valence electrons. The Hall–Kier alpha value is -3.78. The zero-order valence-electron chi connectivity index (χ0n) is 18.9. The Morgan fingerprint density at radius 3 is 2.76 bits per heavy atom. The largest absolute Gasteiger partial charge is 0.358 e. The first-order valence-electron chi connectivity index (χ1n) is 11.1. The number of fused-ring (bicyclic) bond motifs is 1. The number of amides is 2. The molecule has 1 atom stereocenters. The third-order valence-corrected chi connectivity index (χ3v) is 6.33. The summed E-state index contributed by atoms with van der Waals surface area (Å²) in [6.07, 6.45) is 6.79. The number of aromatic nitrogens is 3. The van der Waals surface area contributed by atoms with Crippen molar-refractivity contribution >= 4 is 29.2 Å². The molecule has 33 heavy (non-hydrogen) atoms. The van der Waals surface area contributed by atoms with E-state index in [1.54, 1.807) is 12.4 Å². The SMILES string of the molecule is Cc1[nH]c(C=C2C(=O)Nc3cccc(-c4cncnc4)c32)c(C)c1C(=O)N1CCNC(C)C1. The minimum atomic E-state index is -0.176. The summed E-state index contributed by atoms with van der Waals surface area (Å²) in [7, 11) is 0. The topological polar surface area (TPSA) is 103 Å². The normalized spacial score (nSPS) is 19.0. The van der Waals surface area contributed by atoms with Gasteiger partial charge in [0.1, 0.15) is 6.33 Å². The first-order valence-corrected chi connectivity index (χ1v) is 11.1. The minimum Gasteiger partial charge on any atom is -0.358 e. The molecule has 2 aromatic heterocycles. The maximum atomic E-state index is 13.3. The third kappa shape index (κ3) is 3.72. The van der Waals surface area contributed by atoms with E-state index in [0.717, 1.165) is 45.9 Å². The summed E-state index contributed by atoms with van der Waals surface area (Å²) in [5.41, 5.74) is 6.91. The summed E-state index contributed by atoms with van der Waals surface area (Å²) in [4.78, 5) is 39.7. The van der Waals surface area contributed by atoms with E-state index >= 15 is 0 Å².